The number of imidazole rings is 1. The number of benzene rings is 2. The van der Waals surface area contributed by atoms with Crippen LogP contribution < -0.4 is 0 Å². The van der Waals surface area contributed by atoms with Crippen molar-refractivity contribution in [1.82, 2.24) is 25.0 Å². The number of carbonyl (C=O) groups is 1. The summed E-state index contributed by atoms with van der Waals surface area (Å²) in [6.07, 6.45) is 0. The first kappa shape index (κ1) is 16.3. The minimum Gasteiger partial charge on any atom is -0.464 e. The van der Waals surface area contributed by atoms with Crippen LogP contribution in [-0.2, 0) is 11.3 Å². The summed E-state index contributed by atoms with van der Waals surface area (Å²) in [4.78, 5) is 19.9. The number of hydrogen-bond acceptors (Lipinski definition) is 5. The number of aromatic nitrogens is 5. The van der Waals surface area contributed by atoms with Crippen LogP contribution in [0.5, 0.6) is 0 Å². The van der Waals surface area contributed by atoms with Crippen molar-refractivity contribution in [2.45, 2.75) is 6.54 Å². The van der Waals surface area contributed by atoms with Crippen LogP contribution in [0.15, 0.2) is 48.5 Å². The predicted octanol–water partition coefficient (Wildman–Crippen LogP) is 3.31. The first-order valence-corrected chi connectivity index (χ1v) is 8.25. The van der Waals surface area contributed by atoms with Crippen LogP contribution in [0.2, 0.25) is 5.02 Å². The van der Waals surface area contributed by atoms with Crippen LogP contribution in [0.4, 0.5) is 0 Å². The highest BCUT2D eigenvalue weighted by Gasteiger charge is 2.24. The van der Waals surface area contributed by atoms with E-state index in [-0.39, 0.29) is 5.69 Å². The van der Waals surface area contributed by atoms with E-state index >= 15 is 0 Å². The molecule has 0 fully saturated rings. The second kappa shape index (κ2) is 6.61. The van der Waals surface area contributed by atoms with Crippen molar-refractivity contribution >= 4 is 28.6 Å². The van der Waals surface area contributed by atoms with Crippen molar-refractivity contribution in [3.05, 3.63) is 64.8 Å². The third kappa shape index (κ3) is 2.93. The summed E-state index contributed by atoms with van der Waals surface area (Å²) in [5.41, 5.74) is 3.14. The zero-order valence-electron chi connectivity index (χ0n) is 13.8. The van der Waals surface area contributed by atoms with Crippen LogP contribution in [0.3, 0.4) is 0 Å². The Morgan fingerprint density at radius 1 is 1.23 bits per heavy atom. The first-order chi connectivity index (χ1) is 12.7. The number of nitrogens with one attached hydrogen (secondary N) is 1. The van der Waals surface area contributed by atoms with Gasteiger partial charge in [-0.3, -0.25) is 0 Å². The summed E-state index contributed by atoms with van der Waals surface area (Å²) in [7, 11) is 1.31. The maximum Gasteiger partial charge on any atom is 0.361 e. The molecule has 0 amide bonds. The van der Waals surface area contributed by atoms with Gasteiger partial charge < -0.3 is 9.72 Å². The zero-order chi connectivity index (χ0) is 18.1. The highest BCUT2D eigenvalue weighted by Crippen LogP contribution is 2.24. The molecule has 0 bridgehead atoms. The summed E-state index contributed by atoms with van der Waals surface area (Å²) in [6.45, 7) is 0.386. The molecule has 0 unspecified atom stereocenters. The Kier molecular flexibility index (Phi) is 4.14. The van der Waals surface area contributed by atoms with Gasteiger partial charge in [0.05, 0.1) is 24.7 Å². The van der Waals surface area contributed by atoms with Crippen molar-refractivity contribution < 1.29 is 9.53 Å². The highest BCUT2D eigenvalue weighted by atomic mass is 35.5. The molecule has 2 heterocycles. The lowest BCUT2D eigenvalue weighted by Crippen LogP contribution is -2.08. The average molecular weight is 368 g/mol. The number of H-pyrrole nitrogens is 1. The third-order valence-electron chi connectivity index (χ3n) is 3.95. The van der Waals surface area contributed by atoms with E-state index < -0.39 is 5.97 Å². The predicted molar refractivity (Wildman–Crippen MR) is 97.0 cm³/mol. The molecule has 0 radical (unpaired) electrons. The van der Waals surface area contributed by atoms with E-state index in [1.165, 1.54) is 7.11 Å². The summed E-state index contributed by atoms with van der Waals surface area (Å²) in [5.74, 6) is -0.0728. The number of nitrogens with zero attached hydrogens (tertiary/aromatic N) is 4. The van der Waals surface area contributed by atoms with E-state index in [9.17, 15) is 4.79 Å². The fourth-order valence-corrected chi connectivity index (χ4v) is 2.98. The standard InChI is InChI=1S/C18H14ClN5O2/c1-26-18(25)15-16(17-20-13-7-2-3-8-14(13)21-17)24(23-22-15)10-11-5-4-6-12(19)9-11/h2-9H,10H2,1H3,(H,20,21). The van der Waals surface area contributed by atoms with Gasteiger partial charge in [-0.25, -0.2) is 14.5 Å². The van der Waals surface area contributed by atoms with Crippen LogP contribution in [0.25, 0.3) is 22.6 Å². The van der Waals surface area contributed by atoms with Gasteiger partial charge in [-0.1, -0.05) is 41.1 Å². The summed E-state index contributed by atoms with van der Waals surface area (Å²) >= 11 is 6.06. The number of aromatic amines is 1. The SMILES string of the molecule is COC(=O)c1nnn(Cc2cccc(Cl)c2)c1-c1nc2ccccc2[nH]1. The van der Waals surface area contributed by atoms with E-state index in [0.29, 0.717) is 23.1 Å². The van der Waals surface area contributed by atoms with Crippen molar-refractivity contribution in [3.63, 3.8) is 0 Å². The van der Waals surface area contributed by atoms with E-state index in [0.717, 1.165) is 16.6 Å². The molecular weight excluding hydrogens is 354 g/mol. The first-order valence-electron chi connectivity index (χ1n) is 7.87. The zero-order valence-corrected chi connectivity index (χ0v) is 14.6. The molecule has 4 aromatic rings. The lowest BCUT2D eigenvalue weighted by Gasteiger charge is -2.06. The summed E-state index contributed by atoms with van der Waals surface area (Å²) < 4.78 is 6.44. The Labute approximate surface area is 153 Å². The second-order valence-electron chi connectivity index (χ2n) is 5.67. The Morgan fingerprint density at radius 3 is 2.85 bits per heavy atom. The molecule has 4 rings (SSSR count). The lowest BCUT2D eigenvalue weighted by atomic mass is 10.2. The third-order valence-corrected chi connectivity index (χ3v) is 4.18. The smallest absolute Gasteiger partial charge is 0.361 e. The fraction of sp³-hybridized carbons (Fsp3) is 0.111. The number of esters is 1. The molecular formula is C18H14ClN5O2. The quantitative estimate of drug-likeness (QED) is 0.559. The molecule has 2 aromatic heterocycles. The van der Waals surface area contributed by atoms with E-state index in [4.69, 9.17) is 16.3 Å². The Hall–Kier alpha value is -3.19. The summed E-state index contributed by atoms with van der Waals surface area (Å²) in [6, 6.07) is 15.0. The Morgan fingerprint density at radius 2 is 2.08 bits per heavy atom. The number of fused-ring (bicyclic) bond motifs is 1. The highest BCUT2D eigenvalue weighted by molar-refractivity contribution is 6.30. The average Bonchev–Trinajstić information content (AvgIpc) is 3.24. The number of hydrogen-bond donors (Lipinski definition) is 1. The van der Waals surface area contributed by atoms with Crippen molar-refractivity contribution in [1.29, 1.82) is 0 Å². The minimum atomic E-state index is -0.571. The van der Waals surface area contributed by atoms with Crippen molar-refractivity contribution in [2.75, 3.05) is 7.11 Å². The molecule has 0 aliphatic carbocycles. The molecule has 1 N–H and O–H groups in total. The monoisotopic (exact) mass is 367 g/mol. The molecule has 8 heteroatoms. The van der Waals surface area contributed by atoms with Gasteiger partial charge in [0.25, 0.3) is 0 Å². The van der Waals surface area contributed by atoms with Gasteiger partial charge in [-0.05, 0) is 29.8 Å². The lowest BCUT2D eigenvalue weighted by molar-refractivity contribution is 0.0594. The summed E-state index contributed by atoms with van der Waals surface area (Å²) in [5, 5.41) is 8.74. The number of carbonyl (C=O) groups excluding carboxylic acids is 1. The largest absolute Gasteiger partial charge is 0.464 e. The van der Waals surface area contributed by atoms with Gasteiger partial charge in [0, 0.05) is 5.02 Å². The second-order valence-corrected chi connectivity index (χ2v) is 6.10. The normalized spacial score (nSPS) is 11.0. The Bertz CT molecular complexity index is 1070. The molecule has 0 atom stereocenters. The van der Waals surface area contributed by atoms with Crippen LogP contribution in [-0.4, -0.2) is 38.0 Å². The topological polar surface area (TPSA) is 85.7 Å². The van der Waals surface area contributed by atoms with E-state index in [1.54, 1.807) is 10.7 Å². The molecule has 0 saturated heterocycles. The van der Waals surface area contributed by atoms with Crippen molar-refractivity contribution in [3.8, 4) is 11.5 Å². The molecule has 26 heavy (non-hydrogen) atoms. The molecule has 0 aliphatic rings. The van der Waals surface area contributed by atoms with Gasteiger partial charge in [0.15, 0.2) is 5.82 Å². The Balaban J connectivity index is 1.84. The molecule has 2 aromatic carbocycles. The van der Waals surface area contributed by atoms with Gasteiger partial charge in [0.2, 0.25) is 5.69 Å². The van der Waals surface area contributed by atoms with Gasteiger partial charge in [-0.2, -0.15) is 0 Å². The van der Waals surface area contributed by atoms with Crippen LogP contribution in [0.1, 0.15) is 16.1 Å². The minimum absolute atomic E-state index is 0.105. The van der Waals surface area contributed by atoms with Crippen molar-refractivity contribution in [2.24, 2.45) is 0 Å². The van der Waals surface area contributed by atoms with Gasteiger partial charge in [-0.15, -0.1) is 5.10 Å². The molecule has 0 spiro atoms. The number of ether oxygens (including phenoxy) is 1. The number of methoxy groups -OCH3 is 1. The van der Waals surface area contributed by atoms with Gasteiger partial charge in [0.1, 0.15) is 5.69 Å². The van der Waals surface area contributed by atoms with E-state index in [2.05, 4.69) is 20.3 Å². The number of rotatable bonds is 4. The molecule has 7 nitrogen and oxygen atoms in total. The molecule has 0 saturated carbocycles. The maximum atomic E-state index is 12.1. The van der Waals surface area contributed by atoms with Crippen LogP contribution in [0, 0.1) is 0 Å². The fourth-order valence-electron chi connectivity index (χ4n) is 2.77. The van der Waals surface area contributed by atoms with E-state index in [1.807, 2.05) is 42.5 Å². The number of halogens is 1. The van der Waals surface area contributed by atoms with Gasteiger partial charge >= 0.3 is 5.97 Å². The molecule has 0 aliphatic heterocycles. The number of para-hydroxylation sites is 2. The molecule has 130 valence electrons. The van der Waals surface area contributed by atoms with Crippen LogP contribution >= 0.6 is 11.6 Å². The maximum absolute atomic E-state index is 12.1.